The smallest absolute Gasteiger partial charge is 0.0430 e. The van der Waals surface area contributed by atoms with Crippen LogP contribution in [-0.4, -0.2) is 24.5 Å². The number of benzene rings is 2. The summed E-state index contributed by atoms with van der Waals surface area (Å²) in [6, 6.07) is 15.1. The summed E-state index contributed by atoms with van der Waals surface area (Å²) in [5.41, 5.74) is 7.76. The van der Waals surface area contributed by atoms with E-state index in [0.29, 0.717) is 0 Å². The third-order valence-corrected chi connectivity index (χ3v) is 4.74. The molecule has 2 heteroatoms. The van der Waals surface area contributed by atoms with Gasteiger partial charge in [-0.3, -0.25) is 0 Å². The van der Waals surface area contributed by atoms with Crippen LogP contribution >= 0.6 is 0 Å². The maximum absolute atomic E-state index is 6.49. The van der Waals surface area contributed by atoms with Crippen molar-refractivity contribution < 1.29 is 0 Å². The summed E-state index contributed by atoms with van der Waals surface area (Å²) in [4.78, 5) is 2.52. The van der Waals surface area contributed by atoms with Crippen molar-refractivity contribution in [3.8, 4) is 0 Å². The molecule has 3 atom stereocenters. The molecular weight excluding hydrogens is 244 g/mol. The van der Waals surface area contributed by atoms with E-state index in [9.17, 15) is 0 Å². The molecule has 0 bridgehead atoms. The summed E-state index contributed by atoms with van der Waals surface area (Å²) in [6.45, 7) is 8.00. The Morgan fingerprint density at radius 3 is 2.45 bits per heavy atom. The second kappa shape index (κ2) is 5.55. The predicted molar refractivity (Wildman–Crippen MR) is 85.6 cm³/mol. The first-order chi connectivity index (χ1) is 9.65. The molecule has 3 rings (SSSR count). The standard InChI is InChI=1S/C18H24N2/c1-13-10-20(11-14(13)2)12-18(19)17-9-5-7-15-6-3-4-8-16(15)17/h3-9,13-14,18H,10-12,19H2,1-2H3. The zero-order chi connectivity index (χ0) is 14.1. The van der Waals surface area contributed by atoms with Crippen molar-refractivity contribution >= 4 is 10.8 Å². The van der Waals surface area contributed by atoms with Gasteiger partial charge in [0.1, 0.15) is 0 Å². The van der Waals surface area contributed by atoms with Crippen molar-refractivity contribution in [2.24, 2.45) is 17.6 Å². The van der Waals surface area contributed by atoms with E-state index in [2.05, 4.69) is 61.2 Å². The predicted octanol–water partition coefficient (Wildman–Crippen LogP) is 3.43. The highest BCUT2D eigenvalue weighted by Gasteiger charge is 2.27. The van der Waals surface area contributed by atoms with Gasteiger partial charge in [0.25, 0.3) is 0 Å². The van der Waals surface area contributed by atoms with Crippen molar-refractivity contribution in [3.05, 3.63) is 48.0 Å². The first-order valence-corrected chi connectivity index (χ1v) is 7.60. The highest BCUT2D eigenvalue weighted by Crippen LogP contribution is 2.27. The lowest BCUT2D eigenvalue weighted by atomic mass is 9.99. The number of nitrogens with zero attached hydrogens (tertiary/aromatic N) is 1. The van der Waals surface area contributed by atoms with Crippen LogP contribution in [0.2, 0.25) is 0 Å². The molecule has 1 heterocycles. The minimum absolute atomic E-state index is 0.0959. The van der Waals surface area contributed by atoms with Crippen molar-refractivity contribution in [2.75, 3.05) is 19.6 Å². The van der Waals surface area contributed by atoms with Gasteiger partial charge in [0.15, 0.2) is 0 Å². The van der Waals surface area contributed by atoms with E-state index in [1.807, 2.05) is 0 Å². The lowest BCUT2D eigenvalue weighted by molar-refractivity contribution is 0.303. The minimum Gasteiger partial charge on any atom is -0.323 e. The molecule has 2 nitrogen and oxygen atoms in total. The first-order valence-electron chi connectivity index (χ1n) is 7.60. The molecule has 1 aliphatic rings. The molecule has 106 valence electrons. The monoisotopic (exact) mass is 268 g/mol. The Morgan fingerprint density at radius 2 is 1.70 bits per heavy atom. The lowest BCUT2D eigenvalue weighted by Gasteiger charge is -2.22. The summed E-state index contributed by atoms with van der Waals surface area (Å²) in [6.07, 6.45) is 0. The third kappa shape index (κ3) is 2.58. The summed E-state index contributed by atoms with van der Waals surface area (Å²) in [7, 11) is 0. The maximum atomic E-state index is 6.49. The van der Waals surface area contributed by atoms with Crippen molar-refractivity contribution in [1.82, 2.24) is 4.90 Å². The number of hydrogen-bond donors (Lipinski definition) is 1. The molecule has 1 aliphatic heterocycles. The molecule has 20 heavy (non-hydrogen) atoms. The Balaban J connectivity index is 1.81. The van der Waals surface area contributed by atoms with Gasteiger partial charge < -0.3 is 10.6 Å². The van der Waals surface area contributed by atoms with Gasteiger partial charge in [-0.05, 0) is 28.2 Å². The molecule has 2 aromatic rings. The van der Waals surface area contributed by atoms with Gasteiger partial charge in [0.05, 0.1) is 0 Å². The van der Waals surface area contributed by atoms with Crippen molar-refractivity contribution in [2.45, 2.75) is 19.9 Å². The molecule has 2 aromatic carbocycles. The van der Waals surface area contributed by atoms with Gasteiger partial charge >= 0.3 is 0 Å². The van der Waals surface area contributed by atoms with Gasteiger partial charge in [-0.1, -0.05) is 56.3 Å². The number of fused-ring (bicyclic) bond motifs is 1. The summed E-state index contributed by atoms with van der Waals surface area (Å²) in [5.74, 6) is 1.57. The minimum atomic E-state index is 0.0959. The van der Waals surface area contributed by atoms with Gasteiger partial charge in [0, 0.05) is 25.7 Å². The van der Waals surface area contributed by atoms with E-state index in [1.54, 1.807) is 0 Å². The Morgan fingerprint density at radius 1 is 1.05 bits per heavy atom. The molecule has 1 fully saturated rings. The fourth-order valence-electron chi connectivity index (χ4n) is 3.35. The number of likely N-dealkylation sites (tertiary alicyclic amines) is 1. The van der Waals surface area contributed by atoms with Gasteiger partial charge in [0.2, 0.25) is 0 Å². The van der Waals surface area contributed by atoms with E-state index >= 15 is 0 Å². The molecule has 0 spiro atoms. The average molecular weight is 268 g/mol. The molecule has 0 aliphatic carbocycles. The number of rotatable bonds is 3. The Hall–Kier alpha value is -1.38. The second-order valence-electron chi connectivity index (χ2n) is 6.35. The molecule has 3 unspecified atom stereocenters. The van der Waals surface area contributed by atoms with Crippen LogP contribution in [0.5, 0.6) is 0 Å². The maximum Gasteiger partial charge on any atom is 0.0430 e. The third-order valence-electron chi connectivity index (χ3n) is 4.74. The molecule has 0 saturated carbocycles. The molecule has 2 N–H and O–H groups in total. The first kappa shape index (κ1) is 13.6. The van der Waals surface area contributed by atoms with Crippen LogP contribution in [0.4, 0.5) is 0 Å². The molecule has 0 amide bonds. The highest BCUT2D eigenvalue weighted by molar-refractivity contribution is 5.86. The van der Waals surface area contributed by atoms with Crippen LogP contribution in [0.15, 0.2) is 42.5 Å². The van der Waals surface area contributed by atoms with Crippen LogP contribution in [0.3, 0.4) is 0 Å². The van der Waals surface area contributed by atoms with Gasteiger partial charge in [-0.15, -0.1) is 0 Å². The Bertz CT molecular complexity index is 577. The largest absolute Gasteiger partial charge is 0.323 e. The fourth-order valence-corrected chi connectivity index (χ4v) is 3.35. The number of nitrogens with two attached hydrogens (primary N) is 1. The van der Waals surface area contributed by atoms with E-state index in [0.717, 1.165) is 18.4 Å². The van der Waals surface area contributed by atoms with Gasteiger partial charge in [-0.2, -0.15) is 0 Å². The zero-order valence-corrected chi connectivity index (χ0v) is 12.4. The quantitative estimate of drug-likeness (QED) is 0.924. The molecule has 1 saturated heterocycles. The normalized spacial score (nSPS) is 25.1. The Labute approximate surface area is 121 Å². The van der Waals surface area contributed by atoms with Gasteiger partial charge in [-0.25, -0.2) is 0 Å². The van der Waals surface area contributed by atoms with Crippen LogP contribution in [-0.2, 0) is 0 Å². The molecular formula is C18H24N2. The summed E-state index contributed by atoms with van der Waals surface area (Å²) < 4.78 is 0. The summed E-state index contributed by atoms with van der Waals surface area (Å²) >= 11 is 0. The summed E-state index contributed by atoms with van der Waals surface area (Å²) in [5, 5.41) is 2.58. The highest BCUT2D eigenvalue weighted by atomic mass is 15.2. The van der Waals surface area contributed by atoms with Crippen molar-refractivity contribution in [1.29, 1.82) is 0 Å². The van der Waals surface area contributed by atoms with E-state index < -0.39 is 0 Å². The van der Waals surface area contributed by atoms with E-state index in [-0.39, 0.29) is 6.04 Å². The lowest BCUT2D eigenvalue weighted by Crippen LogP contribution is -2.30. The van der Waals surface area contributed by atoms with E-state index in [1.165, 1.54) is 29.4 Å². The second-order valence-corrected chi connectivity index (χ2v) is 6.35. The van der Waals surface area contributed by atoms with Crippen LogP contribution in [0.25, 0.3) is 10.8 Å². The molecule has 0 radical (unpaired) electrons. The van der Waals surface area contributed by atoms with Crippen LogP contribution in [0.1, 0.15) is 25.5 Å². The van der Waals surface area contributed by atoms with Crippen molar-refractivity contribution in [3.63, 3.8) is 0 Å². The Kier molecular flexibility index (Phi) is 3.77. The molecule has 0 aromatic heterocycles. The zero-order valence-electron chi connectivity index (χ0n) is 12.4. The van der Waals surface area contributed by atoms with Crippen LogP contribution < -0.4 is 5.73 Å². The topological polar surface area (TPSA) is 29.3 Å². The van der Waals surface area contributed by atoms with E-state index in [4.69, 9.17) is 5.73 Å². The van der Waals surface area contributed by atoms with Crippen LogP contribution in [0, 0.1) is 11.8 Å². The SMILES string of the molecule is CC1CN(CC(N)c2cccc3ccccc23)CC1C. The average Bonchev–Trinajstić information content (AvgIpc) is 2.76. The fraction of sp³-hybridized carbons (Fsp3) is 0.444. The number of hydrogen-bond acceptors (Lipinski definition) is 2.